The van der Waals surface area contributed by atoms with Gasteiger partial charge in [0.2, 0.25) is 11.4 Å². The van der Waals surface area contributed by atoms with Crippen molar-refractivity contribution in [1.82, 2.24) is 10.1 Å². The zero-order valence-corrected chi connectivity index (χ0v) is 11.3. The molecule has 0 atom stereocenters. The second kappa shape index (κ2) is 5.16. The van der Waals surface area contributed by atoms with E-state index in [-0.39, 0.29) is 11.4 Å². The van der Waals surface area contributed by atoms with Gasteiger partial charge in [0, 0.05) is 17.8 Å². The fourth-order valence-electron chi connectivity index (χ4n) is 2.09. The average molecular weight is 283 g/mol. The first-order valence-corrected chi connectivity index (χ1v) is 6.27. The number of benzene rings is 1. The summed E-state index contributed by atoms with van der Waals surface area (Å²) in [4.78, 5) is 13.8. The maximum absolute atomic E-state index is 11.1. The predicted octanol–water partition coefficient (Wildman–Crippen LogP) is 2.29. The lowest BCUT2D eigenvalue weighted by Gasteiger charge is -2.04. The number of nitrogen functional groups attached to an aromatic ring is 1. The number of nitrogens with one attached hydrogen (secondary N) is 1. The highest BCUT2D eigenvalue weighted by molar-refractivity contribution is 5.86. The van der Waals surface area contributed by atoms with Crippen molar-refractivity contribution in [1.29, 1.82) is 0 Å². The number of hydrogen-bond acceptors (Lipinski definition) is 5. The van der Waals surface area contributed by atoms with Crippen molar-refractivity contribution in [2.75, 3.05) is 12.8 Å². The third kappa shape index (κ3) is 2.38. The van der Waals surface area contributed by atoms with Crippen molar-refractivity contribution in [3.8, 4) is 28.1 Å². The van der Waals surface area contributed by atoms with Gasteiger partial charge in [0.1, 0.15) is 11.4 Å². The molecule has 1 aromatic carbocycles. The number of nitrogens with zero attached hydrogens (tertiary/aromatic N) is 1. The van der Waals surface area contributed by atoms with Crippen LogP contribution in [0.15, 0.2) is 51.9 Å². The minimum absolute atomic E-state index is 0.179. The van der Waals surface area contributed by atoms with E-state index in [0.717, 1.165) is 16.9 Å². The fraction of sp³-hybridized carbons (Fsp3) is 0.0667. The highest BCUT2D eigenvalue weighted by Crippen LogP contribution is 2.36. The van der Waals surface area contributed by atoms with Crippen LogP contribution in [0.1, 0.15) is 0 Å². The Morgan fingerprint density at radius 2 is 1.86 bits per heavy atom. The van der Waals surface area contributed by atoms with Gasteiger partial charge in [-0.1, -0.05) is 17.3 Å². The summed E-state index contributed by atoms with van der Waals surface area (Å²) in [5.41, 5.74) is 8.54. The number of anilines is 1. The molecule has 3 rings (SSSR count). The third-order valence-electron chi connectivity index (χ3n) is 3.15. The molecule has 0 saturated carbocycles. The van der Waals surface area contributed by atoms with Gasteiger partial charge in [-0.2, -0.15) is 0 Å². The molecule has 106 valence electrons. The number of H-pyrrole nitrogens is 1. The summed E-state index contributed by atoms with van der Waals surface area (Å²) < 4.78 is 10.2. The van der Waals surface area contributed by atoms with Crippen LogP contribution < -0.4 is 16.0 Å². The molecular weight excluding hydrogens is 270 g/mol. The minimum Gasteiger partial charge on any atom is -0.497 e. The third-order valence-corrected chi connectivity index (χ3v) is 3.15. The molecule has 0 saturated heterocycles. The van der Waals surface area contributed by atoms with Crippen LogP contribution in [-0.4, -0.2) is 17.3 Å². The van der Waals surface area contributed by atoms with E-state index in [1.807, 2.05) is 24.3 Å². The van der Waals surface area contributed by atoms with Crippen molar-refractivity contribution in [3.05, 3.63) is 52.9 Å². The van der Waals surface area contributed by atoms with E-state index < -0.39 is 0 Å². The summed E-state index contributed by atoms with van der Waals surface area (Å²) in [6.45, 7) is 0. The number of hydrogen-bond donors (Lipinski definition) is 2. The molecular formula is C15H13N3O3. The monoisotopic (exact) mass is 283 g/mol. The molecule has 0 aliphatic rings. The second-order valence-corrected chi connectivity index (χ2v) is 4.44. The summed E-state index contributed by atoms with van der Waals surface area (Å²) in [5, 5.41) is 3.98. The SMILES string of the molecule is COc1ccc(-c2c(-c3ccc(=O)[nH]c3)noc2N)cc1. The molecule has 6 heteroatoms. The number of ether oxygens (including phenoxy) is 1. The molecule has 0 aliphatic heterocycles. The Kier molecular flexibility index (Phi) is 3.19. The highest BCUT2D eigenvalue weighted by Gasteiger charge is 2.17. The number of nitrogens with two attached hydrogens (primary N) is 1. The predicted molar refractivity (Wildman–Crippen MR) is 79.0 cm³/mol. The van der Waals surface area contributed by atoms with E-state index in [1.165, 1.54) is 6.07 Å². The molecule has 3 N–H and O–H groups in total. The van der Waals surface area contributed by atoms with E-state index in [1.54, 1.807) is 19.4 Å². The Balaban J connectivity index is 2.11. The summed E-state index contributed by atoms with van der Waals surface area (Å²) in [6.07, 6.45) is 1.58. The van der Waals surface area contributed by atoms with Gasteiger partial charge in [0.25, 0.3) is 0 Å². The molecule has 6 nitrogen and oxygen atoms in total. The Labute approximate surface area is 120 Å². The summed E-state index contributed by atoms with van der Waals surface area (Å²) in [6, 6.07) is 10.5. The van der Waals surface area contributed by atoms with E-state index in [9.17, 15) is 4.79 Å². The second-order valence-electron chi connectivity index (χ2n) is 4.44. The Morgan fingerprint density at radius 1 is 1.14 bits per heavy atom. The smallest absolute Gasteiger partial charge is 0.247 e. The van der Waals surface area contributed by atoms with Crippen molar-refractivity contribution >= 4 is 5.88 Å². The van der Waals surface area contributed by atoms with Crippen LogP contribution in [0.4, 0.5) is 5.88 Å². The quantitative estimate of drug-likeness (QED) is 0.769. The molecule has 0 spiro atoms. The van der Waals surface area contributed by atoms with Crippen molar-refractivity contribution in [2.24, 2.45) is 0 Å². The first-order chi connectivity index (χ1) is 10.2. The van der Waals surface area contributed by atoms with E-state index >= 15 is 0 Å². The van der Waals surface area contributed by atoms with Crippen LogP contribution >= 0.6 is 0 Å². The molecule has 3 aromatic rings. The molecule has 0 bridgehead atoms. The molecule has 0 amide bonds. The Bertz CT molecular complexity index is 798. The number of methoxy groups -OCH3 is 1. The first kappa shape index (κ1) is 13.0. The number of rotatable bonds is 3. The summed E-state index contributed by atoms with van der Waals surface area (Å²) in [7, 11) is 1.61. The normalized spacial score (nSPS) is 10.5. The van der Waals surface area contributed by atoms with Crippen molar-refractivity contribution in [3.63, 3.8) is 0 Å². The molecule has 2 aromatic heterocycles. The van der Waals surface area contributed by atoms with Crippen LogP contribution in [-0.2, 0) is 0 Å². The van der Waals surface area contributed by atoms with Crippen LogP contribution in [0.3, 0.4) is 0 Å². The zero-order valence-electron chi connectivity index (χ0n) is 11.3. The molecule has 21 heavy (non-hydrogen) atoms. The maximum Gasteiger partial charge on any atom is 0.247 e. The van der Waals surface area contributed by atoms with E-state index in [0.29, 0.717) is 11.3 Å². The van der Waals surface area contributed by atoms with Gasteiger partial charge in [-0.25, -0.2) is 0 Å². The lowest BCUT2D eigenvalue weighted by Crippen LogP contribution is -2.01. The average Bonchev–Trinajstić information content (AvgIpc) is 2.90. The topological polar surface area (TPSA) is 94.1 Å². The van der Waals surface area contributed by atoms with Gasteiger partial charge in [-0.3, -0.25) is 4.79 Å². The van der Waals surface area contributed by atoms with Crippen molar-refractivity contribution in [2.45, 2.75) is 0 Å². The minimum atomic E-state index is -0.179. The number of aromatic nitrogens is 2. The van der Waals surface area contributed by atoms with Gasteiger partial charge >= 0.3 is 0 Å². The van der Waals surface area contributed by atoms with Crippen LogP contribution in [0.5, 0.6) is 5.75 Å². The standard InChI is InChI=1S/C15H13N3O3/c1-20-11-5-2-9(3-6-11)13-14(18-21-15(13)16)10-4-7-12(19)17-8-10/h2-8H,16H2,1H3,(H,17,19). The number of pyridine rings is 1. The lowest BCUT2D eigenvalue weighted by molar-refractivity contribution is 0.415. The molecule has 0 radical (unpaired) electrons. The Hall–Kier alpha value is -3.02. The van der Waals surface area contributed by atoms with Gasteiger partial charge in [-0.15, -0.1) is 0 Å². The number of aromatic amines is 1. The van der Waals surface area contributed by atoms with Gasteiger partial charge in [0.15, 0.2) is 0 Å². The van der Waals surface area contributed by atoms with Crippen LogP contribution in [0.2, 0.25) is 0 Å². The fourth-order valence-corrected chi connectivity index (χ4v) is 2.09. The van der Waals surface area contributed by atoms with Gasteiger partial charge < -0.3 is 20.0 Å². The highest BCUT2D eigenvalue weighted by atomic mass is 16.5. The zero-order chi connectivity index (χ0) is 14.8. The largest absolute Gasteiger partial charge is 0.497 e. The Morgan fingerprint density at radius 3 is 2.48 bits per heavy atom. The summed E-state index contributed by atoms with van der Waals surface area (Å²) in [5.74, 6) is 0.973. The van der Waals surface area contributed by atoms with Gasteiger partial charge in [-0.05, 0) is 23.8 Å². The van der Waals surface area contributed by atoms with Gasteiger partial charge in [0.05, 0.1) is 12.7 Å². The molecule has 0 aliphatic carbocycles. The lowest BCUT2D eigenvalue weighted by atomic mass is 10.0. The molecule has 2 heterocycles. The first-order valence-electron chi connectivity index (χ1n) is 6.27. The van der Waals surface area contributed by atoms with Crippen molar-refractivity contribution < 1.29 is 9.26 Å². The molecule has 0 fully saturated rings. The van der Waals surface area contributed by atoms with E-state index in [4.69, 9.17) is 15.0 Å². The maximum atomic E-state index is 11.1. The van der Waals surface area contributed by atoms with Crippen LogP contribution in [0, 0.1) is 0 Å². The van der Waals surface area contributed by atoms with Crippen LogP contribution in [0.25, 0.3) is 22.4 Å². The summed E-state index contributed by atoms with van der Waals surface area (Å²) >= 11 is 0. The van der Waals surface area contributed by atoms with E-state index in [2.05, 4.69) is 10.1 Å². The molecule has 0 unspecified atom stereocenters.